The van der Waals surface area contributed by atoms with Gasteiger partial charge < -0.3 is 0 Å². The van der Waals surface area contributed by atoms with Gasteiger partial charge in [-0.15, -0.1) is 0 Å². The predicted molar refractivity (Wildman–Crippen MR) is 64.8 cm³/mol. The highest BCUT2D eigenvalue weighted by atomic mass is 32.2. The molecule has 0 bridgehead atoms. The van der Waals surface area contributed by atoms with Gasteiger partial charge in [-0.05, 0) is 30.0 Å². The van der Waals surface area contributed by atoms with E-state index in [1.807, 2.05) is 0 Å². The number of benzene rings is 1. The van der Waals surface area contributed by atoms with Crippen LogP contribution in [0.25, 0.3) is 0 Å². The molecule has 18 heavy (non-hydrogen) atoms. The van der Waals surface area contributed by atoms with Crippen molar-refractivity contribution in [2.24, 2.45) is 0 Å². The fourth-order valence-electron chi connectivity index (χ4n) is 1.85. The van der Waals surface area contributed by atoms with E-state index in [-0.39, 0.29) is 12.0 Å². The molecule has 0 heterocycles. The lowest BCUT2D eigenvalue weighted by molar-refractivity contribution is 0.465. The third-order valence-corrected chi connectivity index (χ3v) is 4.60. The van der Waals surface area contributed by atoms with Crippen molar-refractivity contribution in [3.8, 4) is 0 Å². The van der Waals surface area contributed by atoms with Crippen LogP contribution in [0.2, 0.25) is 0 Å². The molecule has 0 unspecified atom stereocenters. The van der Waals surface area contributed by atoms with E-state index >= 15 is 0 Å². The monoisotopic (exact) mass is 294 g/mol. The SMILES string of the molecule is CCc1ccc(S(=O)(=O)O)c(S(=O)(=O)O)c1CC. The van der Waals surface area contributed by atoms with Crippen LogP contribution in [0.3, 0.4) is 0 Å². The summed E-state index contributed by atoms with van der Waals surface area (Å²) in [5, 5.41) is 0. The third-order valence-electron chi connectivity index (χ3n) is 2.59. The van der Waals surface area contributed by atoms with Gasteiger partial charge in [0.25, 0.3) is 20.2 Å². The van der Waals surface area contributed by atoms with E-state index in [9.17, 15) is 16.8 Å². The standard InChI is InChI=1S/C10H14O6S2/c1-3-7-5-6-9(17(11,12)13)10(8(7)4-2)18(14,15)16/h5-6H,3-4H2,1-2H3,(H,11,12,13)(H,14,15,16). The smallest absolute Gasteiger partial charge is 0.282 e. The molecule has 1 rings (SSSR count). The summed E-state index contributed by atoms with van der Waals surface area (Å²) >= 11 is 0. The summed E-state index contributed by atoms with van der Waals surface area (Å²) < 4.78 is 63.1. The molecule has 0 atom stereocenters. The first-order valence-electron chi connectivity index (χ1n) is 5.22. The van der Waals surface area contributed by atoms with Crippen molar-refractivity contribution in [1.29, 1.82) is 0 Å². The number of hydrogen-bond acceptors (Lipinski definition) is 4. The van der Waals surface area contributed by atoms with Crippen molar-refractivity contribution >= 4 is 20.2 Å². The minimum absolute atomic E-state index is 0.204. The minimum atomic E-state index is -4.73. The van der Waals surface area contributed by atoms with Gasteiger partial charge in [0, 0.05) is 0 Å². The maximum absolute atomic E-state index is 11.3. The van der Waals surface area contributed by atoms with Crippen LogP contribution in [-0.4, -0.2) is 25.9 Å². The summed E-state index contributed by atoms with van der Waals surface area (Å²) in [5.74, 6) is 0. The third kappa shape index (κ3) is 2.89. The fraction of sp³-hybridized carbons (Fsp3) is 0.400. The molecule has 6 nitrogen and oxygen atoms in total. The van der Waals surface area contributed by atoms with E-state index < -0.39 is 30.0 Å². The summed E-state index contributed by atoms with van der Waals surface area (Å²) in [7, 11) is -9.44. The van der Waals surface area contributed by atoms with Gasteiger partial charge in [-0.3, -0.25) is 9.11 Å². The van der Waals surface area contributed by atoms with Crippen LogP contribution in [0.4, 0.5) is 0 Å². The Kier molecular flexibility index (Phi) is 4.16. The molecule has 8 heteroatoms. The van der Waals surface area contributed by atoms with E-state index in [4.69, 9.17) is 9.11 Å². The molecule has 2 N–H and O–H groups in total. The van der Waals surface area contributed by atoms with Crippen LogP contribution >= 0.6 is 0 Å². The molecule has 0 radical (unpaired) electrons. The lowest BCUT2D eigenvalue weighted by Crippen LogP contribution is -2.13. The van der Waals surface area contributed by atoms with E-state index in [1.54, 1.807) is 13.8 Å². The van der Waals surface area contributed by atoms with Gasteiger partial charge in [0.1, 0.15) is 9.79 Å². The van der Waals surface area contributed by atoms with Crippen LogP contribution in [0, 0.1) is 0 Å². The minimum Gasteiger partial charge on any atom is -0.282 e. The Balaban J connectivity index is 3.90. The molecular formula is C10H14O6S2. The zero-order valence-electron chi connectivity index (χ0n) is 9.91. The first kappa shape index (κ1) is 15.1. The molecule has 0 fully saturated rings. The first-order chi connectivity index (χ1) is 8.12. The first-order valence-corrected chi connectivity index (χ1v) is 8.10. The van der Waals surface area contributed by atoms with E-state index in [1.165, 1.54) is 6.07 Å². The van der Waals surface area contributed by atoms with E-state index in [0.717, 1.165) is 6.07 Å². The summed E-state index contributed by atoms with van der Waals surface area (Å²) in [6.45, 7) is 3.41. The maximum atomic E-state index is 11.3. The van der Waals surface area contributed by atoms with Gasteiger partial charge in [0.05, 0.1) is 0 Å². The van der Waals surface area contributed by atoms with Crippen molar-refractivity contribution in [3.63, 3.8) is 0 Å². The Morgan fingerprint density at radius 3 is 1.83 bits per heavy atom. The van der Waals surface area contributed by atoms with Crippen molar-refractivity contribution in [2.75, 3.05) is 0 Å². The molecule has 0 aromatic heterocycles. The molecule has 0 spiro atoms. The number of hydrogen-bond donors (Lipinski definition) is 2. The fourth-order valence-corrected chi connectivity index (χ4v) is 3.99. The predicted octanol–water partition coefficient (Wildman–Crippen LogP) is 1.30. The van der Waals surface area contributed by atoms with Gasteiger partial charge in [-0.1, -0.05) is 19.9 Å². The maximum Gasteiger partial charge on any atom is 0.296 e. The van der Waals surface area contributed by atoms with Gasteiger partial charge in [0.15, 0.2) is 0 Å². The molecule has 0 aliphatic rings. The van der Waals surface area contributed by atoms with Crippen LogP contribution in [0.1, 0.15) is 25.0 Å². The van der Waals surface area contributed by atoms with Crippen LogP contribution < -0.4 is 0 Å². The highest BCUT2D eigenvalue weighted by molar-refractivity contribution is 7.89. The van der Waals surface area contributed by atoms with Crippen LogP contribution in [0.5, 0.6) is 0 Å². The van der Waals surface area contributed by atoms with Crippen molar-refractivity contribution in [3.05, 3.63) is 23.3 Å². The summed E-state index contributed by atoms with van der Waals surface area (Å²) in [5.41, 5.74) is 0.813. The Morgan fingerprint density at radius 2 is 1.50 bits per heavy atom. The second-order valence-corrected chi connectivity index (χ2v) is 6.44. The van der Waals surface area contributed by atoms with Crippen LogP contribution in [-0.2, 0) is 33.1 Å². The van der Waals surface area contributed by atoms with Gasteiger partial charge in [0.2, 0.25) is 0 Å². The van der Waals surface area contributed by atoms with E-state index in [0.29, 0.717) is 12.0 Å². The Labute approximate surface area is 106 Å². The molecule has 0 saturated carbocycles. The van der Waals surface area contributed by atoms with Crippen LogP contribution in [0.15, 0.2) is 21.9 Å². The van der Waals surface area contributed by atoms with Crippen molar-refractivity contribution in [1.82, 2.24) is 0 Å². The summed E-state index contributed by atoms with van der Waals surface area (Å²) in [6, 6.07) is 2.41. The largest absolute Gasteiger partial charge is 0.296 e. The second kappa shape index (κ2) is 4.96. The Hall–Kier alpha value is -0.960. The molecular weight excluding hydrogens is 280 g/mol. The summed E-state index contributed by atoms with van der Waals surface area (Å²) in [6.07, 6.45) is 0.707. The zero-order chi connectivity index (χ0) is 14.1. The average molecular weight is 294 g/mol. The lowest BCUT2D eigenvalue weighted by Gasteiger charge is -2.13. The summed E-state index contributed by atoms with van der Waals surface area (Å²) in [4.78, 5) is -1.52. The van der Waals surface area contributed by atoms with Crippen molar-refractivity contribution in [2.45, 2.75) is 36.5 Å². The molecule has 102 valence electrons. The van der Waals surface area contributed by atoms with Crippen molar-refractivity contribution < 1.29 is 25.9 Å². The topological polar surface area (TPSA) is 109 Å². The lowest BCUT2D eigenvalue weighted by atomic mass is 10.0. The second-order valence-electron chi connectivity index (χ2n) is 3.69. The molecule has 0 amide bonds. The van der Waals surface area contributed by atoms with Gasteiger partial charge in [-0.2, -0.15) is 16.8 Å². The Bertz CT molecular complexity index is 658. The van der Waals surface area contributed by atoms with E-state index in [2.05, 4.69) is 0 Å². The average Bonchev–Trinajstić information content (AvgIpc) is 2.24. The number of aryl methyl sites for hydroxylation is 1. The van der Waals surface area contributed by atoms with Gasteiger partial charge >= 0.3 is 0 Å². The Morgan fingerprint density at radius 1 is 0.944 bits per heavy atom. The molecule has 0 saturated heterocycles. The zero-order valence-corrected chi connectivity index (χ0v) is 11.5. The molecule has 0 aliphatic carbocycles. The van der Waals surface area contributed by atoms with Gasteiger partial charge in [-0.25, -0.2) is 0 Å². The molecule has 0 aliphatic heterocycles. The highest BCUT2D eigenvalue weighted by Crippen LogP contribution is 2.28. The molecule has 1 aromatic carbocycles. The highest BCUT2D eigenvalue weighted by Gasteiger charge is 2.27. The quantitative estimate of drug-likeness (QED) is 0.810. The number of rotatable bonds is 4. The normalized spacial score (nSPS) is 12.7. The molecule has 1 aromatic rings.